The van der Waals surface area contributed by atoms with Crippen LogP contribution in [0.2, 0.25) is 0 Å². The van der Waals surface area contributed by atoms with Crippen LogP contribution in [-0.4, -0.2) is 35.2 Å². The molecule has 3 amide bonds. The minimum absolute atomic E-state index is 0.0432. The second-order valence-corrected chi connectivity index (χ2v) is 8.94. The molecule has 2 aromatic carbocycles. The van der Waals surface area contributed by atoms with Crippen molar-refractivity contribution in [1.82, 2.24) is 15.5 Å². The van der Waals surface area contributed by atoms with Crippen molar-refractivity contribution in [3.05, 3.63) is 59.5 Å². The number of carbonyl (C=O) groups excluding carboxylic acids is 2. The van der Waals surface area contributed by atoms with Crippen LogP contribution in [0.3, 0.4) is 0 Å². The zero-order valence-electron chi connectivity index (χ0n) is 19.4. The highest BCUT2D eigenvalue weighted by Crippen LogP contribution is 2.33. The first-order valence-electron chi connectivity index (χ1n) is 11.2. The third-order valence-corrected chi connectivity index (χ3v) is 5.77. The van der Waals surface area contributed by atoms with Crippen molar-refractivity contribution in [3.8, 4) is 11.4 Å². The number of aromatic nitrogens is 2. The molecule has 0 unspecified atom stereocenters. The van der Waals surface area contributed by atoms with Crippen LogP contribution < -0.4 is 15.5 Å². The normalized spacial score (nSPS) is 15.8. The van der Waals surface area contributed by atoms with E-state index in [9.17, 15) is 9.59 Å². The molecule has 1 aliphatic rings. The Morgan fingerprint density at radius 3 is 2.76 bits per heavy atom. The molecular formula is C25H29N5O3. The summed E-state index contributed by atoms with van der Waals surface area (Å²) in [5.74, 6) is 1.12. The molecule has 4 rings (SSSR count). The van der Waals surface area contributed by atoms with Gasteiger partial charge in [0.05, 0.1) is 5.92 Å². The van der Waals surface area contributed by atoms with Crippen molar-refractivity contribution in [2.24, 2.45) is 5.92 Å². The molecule has 1 fully saturated rings. The average Bonchev–Trinajstić information content (AvgIpc) is 3.41. The van der Waals surface area contributed by atoms with Crippen LogP contribution in [0.25, 0.3) is 11.4 Å². The van der Waals surface area contributed by atoms with Gasteiger partial charge in [-0.2, -0.15) is 4.98 Å². The summed E-state index contributed by atoms with van der Waals surface area (Å²) in [4.78, 5) is 31.0. The summed E-state index contributed by atoms with van der Waals surface area (Å²) in [7, 11) is 0. The lowest BCUT2D eigenvalue weighted by Gasteiger charge is -2.17. The first-order valence-corrected chi connectivity index (χ1v) is 11.2. The van der Waals surface area contributed by atoms with Crippen LogP contribution >= 0.6 is 0 Å². The van der Waals surface area contributed by atoms with Crippen molar-refractivity contribution < 1.29 is 14.1 Å². The van der Waals surface area contributed by atoms with Crippen molar-refractivity contribution in [2.45, 2.75) is 40.0 Å². The third kappa shape index (κ3) is 5.22. The number of nitrogens with zero attached hydrogens (tertiary/aromatic N) is 3. The van der Waals surface area contributed by atoms with Crippen molar-refractivity contribution >= 4 is 23.3 Å². The molecule has 1 aromatic heterocycles. The van der Waals surface area contributed by atoms with Crippen LogP contribution in [0.5, 0.6) is 0 Å². The van der Waals surface area contributed by atoms with Gasteiger partial charge in [-0.05, 0) is 55.2 Å². The van der Waals surface area contributed by atoms with Crippen molar-refractivity contribution in [1.29, 1.82) is 0 Å². The van der Waals surface area contributed by atoms with Crippen LogP contribution in [0.4, 0.5) is 16.2 Å². The Labute approximate surface area is 193 Å². The van der Waals surface area contributed by atoms with E-state index in [-0.39, 0.29) is 17.9 Å². The van der Waals surface area contributed by atoms with E-state index in [0.29, 0.717) is 42.8 Å². The smallest absolute Gasteiger partial charge is 0.319 e. The molecule has 172 valence electrons. The van der Waals surface area contributed by atoms with Gasteiger partial charge in [0.1, 0.15) is 0 Å². The lowest BCUT2D eigenvalue weighted by Crippen LogP contribution is -2.31. The van der Waals surface area contributed by atoms with Gasteiger partial charge in [0, 0.05) is 36.4 Å². The predicted molar refractivity (Wildman–Crippen MR) is 127 cm³/mol. The van der Waals surface area contributed by atoms with E-state index in [1.54, 1.807) is 17.0 Å². The number of carbonyl (C=O) groups is 2. The highest BCUT2D eigenvalue weighted by molar-refractivity contribution is 5.96. The minimum atomic E-state index is -0.259. The molecule has 1 saturated heterocycles. The summed E-state index contributed by atoms with van der Waals surface area (Å²) in [6, 6.07) is 13.0. The first-order chi connectivity index (χ1) is 15.8. The van der Waals surface area contributed by atoms with Crippen molar-refractivity contribution in [3.63, 3.8) is 0 Å². The van der Waals surface area contributed by atoms with Gasteiger partial charge >= 0.3 is 6.03 Å². The monoisotopic (exact) mass is 447 g/mol. The Bertz CT molecular complexity index is 1170. The summed E-state index contributed by atoms with van der Waals surface area (Å²) >= 11 is 0. The highest BCUT2D eigenvalue weighted by atomic mass is 16.5. The molecule has 8 heteroatoms. The van der Waals surface area contributed by atoms with E-state index in [2.05, 4.69) is 27.7 Å². The molecular weight excluding hydrogens is 418 g/mol. The maximum absolute atomic E-state index is 12.7. The Kier molecular flexibility index (Phi) is 6.44. The van der Waals surface area contributed by atoms with Crippen molar-refractivity contribution in [2.75, 3.05) is 23.3 Å². The number of aryl methyl sites for hydroxylation is 2. The van der Waals surface area contributed by atoms with Gasteiger partial charge in [0.15, 0.2) is 0 Å². The fourth-order valence-corrected chi connectivity index (χ4v) is 3.74. The largest absolute Gasteiger partial charge is 0.339 e. The molecule has 0 saturated carbocycles. The highest BCUT2D eigenvalue weighted by Gasteiger charge is 2.35. The Balaban J connectivity index is 1.45. The fourth-order valence-electron chi connectivity index (χ4n) is 3.74. The molecule has 0 radical (unpaired) electrons. The zero-order chi connectivity index (χ0) is 23.5. The molecule has 0 spiro atoms. The summed E-state index contributed by atoms with van der Waals surface area (Å²) in [6.45, 7) is 9.26. The van der Waals surface area contributed by atoms with E-state index >= 15 is 0 Å². The van der Waals surface area contributed by atoms with E-state index in [1.807, 2.05) is 51.1 Å². The molecule has 1 aliphatic heterocycles. The molecule has 1 atom stereocenters. The van der Waals surface area contributed by atoms with Crippen LogP contribution in [0.1, 0.15) is 43.2 Å². The molecule has 8 nitrogen and oxygen atoms in total. The molecule has 33 heavy (non-hydrogen) atoms. The number of nitrogens with one attached hydrogen (secondary N) is 2. The van der Waals surface area contributed by atoms with Crippen LogP contribution in [0.15, 0.2) is 47.0 Å². The first kappa shape index (κ1) is 22.5. The summed E-state index contributed by atoms with van der Waals surface area (Å²) in [6.07, 6.45) is 0.326. The summed E-state index contributed by atoms with van der Waals surface area (Å²) in [5.41, 5.74) is 4.59. The molecule has 0 aliphatic carbocycles. The quantitative estimate of drug-likeness (QED) is 0.573. The number of urea groups is 1. The Hall–Kier alpha value is -3.68. The number of anilines is 2. The summed E-state index contributed by atoms with van der Waals surface area (Å²) in [5, 5.41) is 9.76. The van der Waals surface area contributed by atoms with E-state index in [4.69, 9.17) is 4.52 Å². The topological polar surface area (TPSA) is 100 Å². The van der Waals surface area contributed by atoms with Gasteiger partial charge in [-0.3, -0.25) is 4.79 Å². The second kappa shape index (κ2) is 9.44. The Morgan fingerprint density at radius 1 is 1.18 bits per heavy atom. The van der Waals surface area contributed by atoms with E-state index in [0.717, 1.165) is 16.8 Å². The maximum atomic E-state index is 12.7. The summed E-state index contributed by atoms with van der Waals surface area (Å²) < 4.78 is 5.52. The van der Waals surface area contributed by atoms with Crippen LogP contribution in [0, 0.1) is 19.8 Å². The number of amides is 3. The SMILES string of the molecule is Cc1ccc(N2C[C@H](c3nc(-c4cccc(NC(=O)NCC(C)C)c4)no3)CC2=O)cc1C. The number of hydrogen-bond donors (Lipinski definition) is 2. The average molecular weight is 448 g/mol. The second-order valence-electron chi connectivity index (χ2n) is 8.94. The lowest BCUT2D eigenvalue weighted by molar-refractivity contribution is -0.117. The van der Waals surface area contributed by atoms with Gasteiger partial charge < -0.3 is 20.1 Å². The standard InChI is InChI=1S/C25H29N5O3/c1-15(2)13-26-25(32)27-20-7-5-6-18(11-20)23-28-24(33-29-23)19-12-22(31)30(14-19)21-9-8-16(3)17(4)10-21/h5-11,15,19H,12-14H2,1-4H3,(H2,26,27,32)/t19-/m1/s1. The maximum Gasteiger partial charge on any atom is 0.319 e. The molecule has 3 aromatic rings. The third-order valence-electron chi connectivity index (χ3n) is 5.77. The van der Waals surface area contributed by atoms with E-state index < -0.39 is 0 Å². The van der Waals surface area contributed by atoms with Gasteiger partial charge in [-0.1, -0.05) is 37.2 Å². The van der Waals surface area contributed by atoms with Gasteiger partial charge in [-0.25, -0.2) is 4.79 Å². The van der Waals surface area contributed by atoms with Gasteiger partial charge in [-0.15, -0.1) is 0 Å². The number of hydrogen-bond acceptors (Lipinski definition) is 5. The molecule has 2 heterocycles. The number of benzene rings is 2. The lowest BCUT2D eigenvalue weighted by atomic mass is 10.1. The van der Waals surface area contributed by atoms with Gasteiger partial charge in [0.2, 0.25) is 17.6 Å². The number of rotatable bonds is 6. The molecule has 2 N–H and O–H groups in total. The zero-order valence-corrected chi connectivity index (χ0v) is 19.4. The van der Waals surface area contributed by atoms with E-state index in [1.165, 1.54) is 5.56 Å². The predicted octanol–water partition coefficient (Wildman–Crippen LogP) is 4.65. The fraction of sp³-hybridized carbons (Fsp3) is 0.360. The molecule has 0 bridgehead atoms. The van der Waals surface area contributed by atoms with Gasteiger partial charge in [0.25, 0.3) is 0 Å². The minimum Gasteiger partial charge on any atom is -0.339 e. The van der Waals surface area contributed by atoms with Crippen LogP contribution in [-0.2, 0) is 4.79 Å². The Morgan fingerprint density at radius 2 is 2.00 bits per heavy atom.